The molecule has 1 aromatic carbocycles. The zero-order valence-electron chi connectivity index (χ0n) is 11.9. The summed E-state index contributed by atoms with van der Waals surface area (Å²) >= 11 is -1.82. The predicted octanol–water partition coefficient (Wildman–Crippen LogP) is 3.89. The van der Waals surface area contributed by atoms with Crippen LogP contribution in [0.4, 0.5) is 0 Å². The van der Waals surface area contributed by atoms with E-state index in [9.17, 15) is 4.79 Å². The zero-order valence-corrected chi connectivity index (χ0v) is 14.0. The van der Waals surface area contributed by atoms with Crippen LogP contribution < -0.4 is 0 Å². The Bertz CT molecular complexity index is 439. The average Bonchev–Trinajstić information content (AvgIpc) is 2.28. The van der Waals surface area contributed by atoms with Gasteiger partial charge in [0.1, 0.15) is 0 Å². The minimum atomic E-state index is -1.82. The van der Waals surface area contributed by atoms with Crippen molar-refractivity contribution in [3.05, 3.63) is 41.0 Å². The van der Waals surface area contributed by atoms with Crippen molar-refractivity contribution in [3.63, 3.8) is 0 Å². The topological polar surface area (TPSA) is 26.3 Å². The molecule has 0 saturated carbocycles. The Kier molecular flexibility index (Phi) is 5.20. The van der Waals surface area contributed by atoms with Gasteiger partial charge in [0, 0.05) is 0 Å². The van der Waals surface area contributed by atoms with E-state index in [0.29, 0.717) is 0 Å². The van der Waals surface area contributed by atoms with E-state index in [0.717, 1.165) is 16.4 Å². The van der Waals surface area contributed by atoms with Gasteiger partial charge in [0.05, 0.1) is 0 Å². The normalized spacial score (nSPS) is 12.4. The van der Waals surface area contributed by atoms with Gasteiger partial charge in [0.25, 0.3) is 0 Å². The van der Waals surface area contributed by atoms with Crippen LogP contribution in [0.1, 0.15) is 11.1 Å². The first-order valence-corrected chi connectivity index (χ1v) is 14.0. The van der Waals surface area contributed by atoms with Crippen LogP contribution in [0.15, 0.2) is 29.8 Å². The van der Waals surface area contributed by atoms with Gasteiger partial charge < -0.3 is 0 Å². The third-order valence-electron chi connectivity index (χ3n) is 2.59. The molecule has 0 fully saturated rings. The van der Waals surface area contributed by atoms with Gasteiger partial charge in [-0.2, -0.15) is 0 Å². The molecule has 0 unspecified atom stereocenters. The molecule has 0 saturated heterocycles. The Balaban J connectivity index is 3.02. The average molecular weight is 307 g/mol. The minimum absolute atomic E-state index is 0.198. The summed E-state index contributed by atoms with van der Waals surface area (Å²) in [7, 11) is 1.45. The van der Waals surface area contributed by atoms with Crippen LogP contribution in [0.3, 0.4) is 0 Å². The van der Waals surface area contributed by atoms with Gasteiger partial charge in [-0.05, 0) is 0 Å². The second-order valence-corrected chi connectivity index (χ2v) is 17.3. The van der Waals surface area contributed by atoms with Crippen molar-refractivity contribution in [1.82, 2.24) is 0 Å². The third-order valence-corrected chi connectivity index (χ3v) is 5.61. The molecule has 0 aliphatic heterocycles. The Morgan fingerprint density at radius 2 is 1.78 bits per heavy atom. The second-order valence-electron chi connectivity index (χ2n) is 5.81. The number of esters is 1. The summed E-state index contributed by atoms with van der Waals surface area (Å²) in [6, 6.07) is 8.18. The number of ether oxygens (including phenoxy) is 1. The third kappa shape index (κ3) is 5.09. The summed E-state index contributed by atoms with van der Waals surface area (Å²) in [5.41, 5.74) is 3.08. The van der Waals surface area contributed by atoms with Crippen molar-refractivity contribution in [2.45, 2.75) is 29.4 Å². The molecule has 3 heteroatoms. The Labute approximate surface area is 112 Å². The first kappa shape index (κ1) is 15.0. The molecule has 0 atom stereocenters. The maximum atomic E-state index is 11.8. The van der Waals surface area contributed by atoms with Crippen LogP contribution in [0.25, 0.3) is 6.08 Å². The predicted molar refractivity (Wildman–Crippen MR) is 79.3 cm³/mol. The molecule has 1 aromatic rings. The second kappa shape index (κ2) is 6.23. The van der Waals surface area contributed by atoms with E-state index >= 15 is 0 Å². The van der Waals surface area contributed by atoms with Crippen molar-refractivity contribution < 1.29 is 9.53 Å². The van der Waals surface area contributed by atoms with E-state index in [4.69, 9.17) is 4.74 Å². The van der Waals surface area contributed by atoms with Crippen LogP contribution in [0.5, 0.6) is 0 Å². The van der Waals surface area contributed by atoms with Crippen molar-refractivity contribution >= 4 is 25.3 Å². The van der Waals surface area contributed by atoms with Gasteiger partial charge in [-0.15, -0.1) is 0 Å². The maximum absolute atomic E-state index is 11.8. The molecule has 0 amide bonds. The fraction of sp³-hybridized carbons (Fsp3) is 0.400. The van der Waals surface area contributed by atoms with E-state index in [-0.39, 0.29) is 5.97 Å². The van der Waals surface area contributed by atoms with E-state index < -0.39 is 13.3 Å². The van der Waals surface area contributed by atoms with Gasteiger partial charge in [-0.3, -0.25) is 0 Å². The summed E-state index contributed by atoms with van der Waals surface area (Å²) in [4.78, 5) is 11.8. The van der Waals surface area contributed by atoms with Gasteiger partial charge in [0.15, 0.2) is 0 Å². The zero-order chi connectivity index (χ0) is 13.8. The summed E-state index contributed by atoms with van der Waals surface area (Å²) in [6.07, 6.45) is 1.96. The number of methoxy groups -OCH3 is 1. The number of rotatable bonds is 4. The molecule has 1 rings (SSSR count). The van der Waals surface area contributed by atoms with Gasteiger partial charge in [-0.1, -0.05) is 0 Å². The van der Waals surface area contributed by atoms with Crippen LogP contribution in [-0.2, 0) is 9.53 Å². The number of carbonyl (C=O) groups is 1. The number of hydrogen-bond donors (Lipinski definition) is 0. The molecule has 0 bridgehead atoms. The fourth-order valence-electron chi connectivity index (χ4n) is 1.75. The number of carbonyl (C=O) groups excluding carboxylic acids is 1. The number of hydrogen-bond acceptors (Lipinski definition) is 2. The Morgan fingerprint density at radius 1 is 1.22 bits per heavy atom. The molecule has 0 aromatic heterocycles. The van der Waals surface area contributed by atoms with Gasteiger partial charge >= 0.3 is 112 Å². The molecule has 0 aliphatic carbocycles. The summed E-state index contributed by atoms with van der Waals surface area (Å²) in [6.45, 7) is 2.05. The molecule has 0 radical (unpaired) electrons. The van der Waals surface area contributed by atoms with Crippen LogP contribution in [0.2, 0.25) is 22.5 Å². The number of benzene rings is 1. The van der Waals surface area contributed by atoms with Crippen LogP contribution in [0, 0.1) is 6.92 Å². The van der Waals surface area contributed by atoms with Crippen molar-refractivity contribution in [2.75, 3.05) is 7.11 Å². The molecule has 2 nitrogen and oxygen atoms in total. The van der Waals surface area contributed by atoms with Gasteiger partial charge in [-0.25, -0.2) is 0 Å². The summed E-state index contributed by atoms with van der Waals surface area (Å²) in [5.74, 6) is 6.69. The van der Waals surface area contributed by atoms with Gasteiger partial charge in [0.2, 0.25) is 0 Å². The molecule has 0 heterocycles. The van der Waals surface area contributed by atoms with Crippen LogP contribution >= 0.6 is 0 Å². The molecule has 0 aliphatic rings. The molecule has 0 N–H and O–H groups in total. The molecule has 0 spiro atoms. The fourth-order valence-corrected chi connectivity index (χ4v) is 4.66. The first-order valence-electron chi connectivity index (χ1n) is 6.17. The SMILES string of the molecule is COC(=O)/C(=C\c1ccc(C)cc1)[CH2][Ge]([CH3])([CH3])[CH3]. The number of aryl methyl sites for hydroxylation is 1. The quantitative estimate of drug-likeness (QED) is 0.479. The molecule has 98 valence electrons. The Morgan fingerprint density at radius 3 is 2.22 bits per heavy atom. The Hall–Kier alpha value is -1.03. The van der Waals surface area contributed by atoms with E-state index in [2.05, 4.69) is 36.3 Å². The van der Waals surface area contributed by atoms with Crippen molar-refractivity contribution in [1.29, 1.82) is 0 Å². The summed E-state index contributed by atoms with van der Waals surface area (Å²) < 4.78 is 4.88. The molecular weight excluding hydrogens is 285 g/mol. The monoisotopic (exact) mass is 308 g/mol. The van der Waals surface area contributed by atoms with Crippen molar-refractivity contribution in [3.8, 4) is 0 Å². The van der Waals surface area contributed by atoms with E-state index in [1.54, 1.807) is 0 Å². The molecular formula is C15H22GeO2. The van der Waals surface area contributed by atoms with E-state index in [1.165, 1.54) is 12.7 Å². The first-order chi connectivity index (χ1) is 8.31. The van der Waals surface area contributed by atoms with E-state index in [1.807, 2.05) is 18.2 Å². The standard InChI is InChI=1S/C15H22GeO2/c1-12-6-8-13(9-7-12)10-14(15(17)18-5)11-16(2,3)4/h6-10H,11H2,1-5H3/b14-10-. The van der Waals surface area contributed by atoms with Crippen molar-refractivity contribution in [2.24, 2.45) is 0 Å². The van der Waals surface area contributed by atoms with Crippen LogP contribution in [-0.4, -0.2) is 26.3 Å². The summed E-state index contributed by atoms with van der Waals surface area (Å²) in [5, 5.41) is 0.889. The molecule has 18 heavy (non-hydrogen) atoms.